The second kappa shape index (κ2) is 2.80. The van der Waals surface area contributed by atoms with E-state index in [0.29, 0.717) is 12.8 Å². The van der Waals surface area contributed by atoms with E-state index in [0.717, 1.165) is 17.6 Å². The van der Waals surface area contributed by atoms with E-state index in [1.54, 1.807) is 19.1 Å². The molecule has 0 amide bonds. The molecule has 1 unspecified atom stereocenters. The summed E-state index contributed by atoms with van der Waals surface area (Å²) in [5.74, 6) is -0.739. The first kappa shape index (κ1) is 9.19. The number of hydrogen-bond acceptors (Lipinski definition) is 2. The van der Waals surface area contributed by atoms with Crippen molar-refractivity contribution in [2.24, 2.45) is 5.41 Å². The molecular formula is C11H12O3. The summed E-state index contributed by atoms with van der Waals surface area (Å²) in [6.07, 6.45) is 5.18. The van der Waals surface area contributed by atoms with Crippen LogP contribution in [-0.2, 0) is 9.59 Å². The maximum absolute atomic E-state index is 11.4. The fourth-order valence-electron chi connectivity index (χ4n) is 1.98. The van der Waals surface area contributed by atoms with Gasteiger partial charge in [-0.15, -0.1) is 0 Å². The molecule has 0 radical (unpaired) electrons. The second-order valence-corrected chi connectivity index (χ2v) is 4.16. The molecule has 0 saturated heterocycles. The minimum absolute atomic E-state index is 0.122. The zero-order valence-electron chi connectivity index (χ0n) is 8.04. The number of ketones is 1. The van der Waals surface area contributed by atoms with Gasteiger partial charge in [0.25, 0.3) is 0 Å². The van der Waals surface area contributed by atoms with Crippen LogP contribution in [0.15, 0.2) is 23.3 Å². The van der Waals surface area contributed by atoms with Gasteiger partial charge in [0.05, 0.1) is 5.41 Å². The SMILES string of the molecule is CC1(C(=O)O)C=CC2=C(C1)C(=O)CC2. The molecule has 74 valence electrons. The van der Waals surface area contributed by atoms with Crippen LogP contribution in [0.3, 0.4) is 0 Å². The molecule has 3 nitrogen and oxygen atoms in total. The van der Waals surface area contributed by atoms with Crippen molar-refractivity contribution in [2.75, 3.05) is 0 Å². The van der Waals surface area contributed by atoms with Crippen LogP contribution in [-0.4, -0.2) is 16.9 Å². The smallest absolute Gasteiger partial charge is 0.313 e. The second-order valence-electron chi connectivity index (χ2n) is 4.16. The number of rotatable bonds is 1. The lowest BCUT2D eigenvalue weighted by Gasteiger charge is -2.24. The average molecular weight is 192 g/mol. The fourth-order valence-corrected chi connectivity index (χ4v) is 1.98. The molecule has 2 aliphatic rings. The van der Waals surface area contributed by atoms with Gasteiger partial charge in [-0.05, 0) is 30.9 Å². The summed E-state index contributed by atoms with van der Waals surface area (Å²) in [6.45, 7) is 1.65. The molecule has 0 bridgehead atoms. The van der Waals surface area contributed by atoms with Crippen molar-refractivity contribution in [3.05, 3.63) is 23.3 Å². The molecule has 0 aromatic rings. The maximum Gasteiger partial charge on any atom is 0.313 e. The van der Waals surface area contributed by atoms with E-state index in [2.05, 4.69) is 0 Å². The van der Waals surface area contributed by atoms with Gasteiger partial charge in [0.15, 0.2) is 5.78 Å². The Kier molecular flexibility index (Phi) is 1.84. The quantitative estimate of drug-likeness (QED) is 0.687. The predicted molar refractivity (Wildman–Crippen MR) is 50.8 cm³/mol. The Bertz CT molecular complexity index is 376. The molecule has 0 aromatic heterocycles. The van der Waals surface area contributed by atoms with Crippen LogP contribution in [0.5, 0.6) is 0 Å². The summed E-state index contributed by atoms with van der Waals surface area (Å²) >= 11 is 0. The predicted octanol–water partition coefficient (Wildman–Crippen LogP) is 1.70. The Morgan fingerprint density at radius 1 is 1.50 bits per heavy atom. The number of carbonyl (C=O) groups excluding carboxylic acids is 1. The highest BCUT2D eigenvalue weighted by molar-refractivity contribution is 6.00. The first-order valence-electron chi connectivity index (χ1n) is 4.71. The Morgan fingerprint density at radius 3 is 2.86 bits per heavy atom. The topological polar surface area (TPSA) is 54.4 Å². The van der Waals surface area contributed by atoms with E-state index in [9.17, 15) is 9.59 Å². The van der Waals surface area contributed by atoms with Gasteiger partial charge in [0.1, 0.15) is 0 Å². The summed E-state index contributed by atoms with van der Waals surface area (Å²) in [7, 11) is 0. The van der Waals surface area contributed by atoms with E-state index in [1.165, 1.54) is 0 Å². The highest BCUT2D eigenvalue weighted by Crippen LogP contribution is 2.39. The summed E-state index contributed by atoms with van der Waals surface area (Å²) in [4.78, 5) is 22.4. The summed E-state index contributed by atoms with van der Waals surface area (Å²) < 4.78 is 0. The van der Waals surface area contributed by atoms with Gasteiger partial charge in [-0.3, -0.25) is 9.59 Å². The molecule has 0 aromatic carbocycles. The van der Waals surface area contributed by atoms with Crippen molar-refractivity contribution in [1.82, 2.24) is 0 Å². The summed E-state index contributed by atoms with van der Waals surface area (Å²) in [6, 6.07) is 0. The van der Waals surface area contributed by atoms with Crippen LogP contribution in [0.25, 0.3) is 0 Å². The molecule has 2 aliphatic carbocycles. The molecule has 1 N–H and O–H groups in total. The van der Waals surface area contributed by atoms with Gasteiger partial charge in [0, 0.05) is 6.42 Å². The molecule has 0 heterocycles. The third-order valence-corrected chi connectivity index (χ3v) is 3.03. The molecule has 0 fully saturated rings. The molecule has 0 aliphatic heterocycles. The molecule has 1 atom stereocenters. The largest absolute Gasteiger partial charge is 0.481 e. The first-order valence-corrected chi connectivity index (χ1v) is 4.71. The van der Waals surface area contributed by atoms with Gasteiger partial charge < -0.3 is 5.11 Å². The lowest BCUT2D eigenvalue weighted by Crippen LogP contribution is -2.28. The standard InChI is InChI=1S/C11H12O3/c1-11(10(13)14)5-4-7-2-3-9(12)8(7)6-11/h4-5H,2-3,6H2,1H3,(H,13,14). The lowest BCUT2D eigenvalue weighted by atomic mass is 9.78. The fraction of sp³-hybridized carbons (Fsp3) is 0.455. The molecule has 14 heavy (non-hydrogen) atoms. The third-order valence-electron chi connectivity index (χ3n) is 3.03. The zero-order valence-corrected chi connectivity index (χ0v) is 8.04. The Hall–Kier alpha value is -1.38. The first-order chi connectivity index (χ1) is 6.53. The van der Waals surface area contributed by atoms with Gasteiger partial charge in [-0.1, -0.05) is 12.2 Å². The molecular weight excluding hydrogens is 180 g/mol. The van der Waals surface area contributed by atoms with E-state index in [4.69, 9.17) is 5.11 Å². The van der Waals surface area contributed by atoms with Crippen LogP contribution in [0.1, 0.15) is 26.2 Å². The molecule has 3 heteroatoms. The van der Waals surface area contributed by atoms with E-state index in [-0.39, 0.29) is 5.78 Å². The van der Waals surface area contributed by atoms with Crippen molar-refractivity contribution < 1.29 is 14.7 Å². The zero-order chi connectivity index (χ0) is 10.3. The average Bonchev–Trinajstić information content (AvgIpc) is 2.48. The van der Waals surface area contributed by atoms with E-state index >= 15 is 0 Å². The van der Waals surface area contributed by atoms with Gasteiger partial charge in [0.2, 0.25) is 0 Å². The minimum atomic E-state index is -0.890. The number of carboxylic acids is 1. The molecule has 0 spiro atoms. The highest BCUT2D eigenvalue weighted by atomic mass is 16.4. The summed E-state index contributed by atoms with van der Waals surface area (Å²) in [5, 5.41) is 9.02. The number of carbonyl (C=O) groups is 2. The third kappa shape index (κ3) is 1.20. The normalized spacial score (nSPS) is 30.8. The lowest BCUT2D eigenvalue weighted by molar-refractivity contribution is -0.145. The van der Waals surface area contributed by atoms with Crippen molar-refractivity contribution in [3.63, 3.8) is 0 Å². The Morgan fingerprint density at radius 2 is 2.21 bits per heavy atom. The van der Waals surface area contributed by atoms with Crippen molar-refractivity contribution >= 4 is 11.8 Å². The van der Waals surface area contributed by atoms with Crippen molar-refractivity contribution in [1.29, 1.82) is 0 Å². The Labute approximate surface area is 82.1 Å². The number of allylic oxidation sites excluding steroid dienone is 3. The number of Topliss-reactive ketones (excluding diaryl/α,β-unsaturated/α-hetero) is 1. The van der Waals surface area contributed by atoms with Crippen LogP contribution < -0.4 is 0 Å². The van der Waals surface area contributed by atoms with E-state index in [1.807, 2.05) is 0 Å². The summed E-state index contributed by atoms with van der Waals surface area (Å²) in [5.41, 5.74) is 0.880. The van der Waals surface area contributed by atoms with Crippen LogP contribution >= 0.6 is 0 Å². The van der Waals surface area contributed by atoms with Gasteiger partial charge in [-0.2, -0.15) is 0 Å². The monoisotopic (exact) mass is 192 g/mol. The molecule has 0 saturated carbocycles. The van der Waals surface area contributed by atoms with Crippen LogP contribution in [0.4, 0.5) is 0 Å². The van der Waals surface area contributed by atoms with Gasteiger partial charge in [-0.25, -0.2) is 0 Å². The number of aliphatic carboxylic acids is 1. The van der Waals surface area contributed by atoms with E-state index < -0.39 is 11.4 Å². The highest BCUT2D eigenvalue weighted by Gasteiger charge is 2.38. The van der Waals surface area contributed by atoms with Crippen LogP contribution in [0.2, 0.25) is 0 Å². The maximum atomic E-state index is 11.4. The number of hydrogen-bond donors (Lipinski definition) is 1. The number of carboxylic acid groups (broad SMARTS) is 1. The van der Waals surface area contributed by atoms with Crippen molar-refractivity contribution in [3.8, 4) is 0 Å². The van der Waals surface area contributed by atoms with Crippen molar-refractivity contribution in [2.45, 2.75) is 26.2 Å². The molecule has 2 rings (SSSR count). The Balaban J connectivity index is 2.34. The van der Waals surface area contributed by atoms with Gasteiger partial charge >= 0.3 is 5.97 Å². The minimum Gasteiger partial charge on any atom is -0.481 e. The van der Waals surface area contributed by atoms with Crippen LogP contribution in [0, 0.1) is 5.41 Å².